The van der Waals surface area contributed by atoms with Crippen molar-refractivity contribution in [2.75, 3.05) is 0 Å². The van der Waals surface area contributed by atoms with Crippen molar-refractivity contribution in [1.29, 1.82) is 0 Å². The maximum absolute atomic E-state index is 13.7. The Morgan fingerprint density at radius 2 is 1.80 bits per heavy atom. The van der Waals surface area contributed by atoms with Crippen LogP contribution in [0.15, 0.2) is 59.8 Å². The Kier molecular flexibility index (Phi) is 4.87. The zero-order valence-corrected chi connectivity index (χ0v) is 18.7. The van der Waals surface area contributed by atoms with Crippen molar-refractivity contribution in [3.05, 3.63) is 88.2 Å². The fraction of sp³-hybridized carbons (Fsp3) is 0.160. The van der Waals surface area contributed by atoms with Gasteiger partial charge in [-0.25, -0.2) is 13.8 Å². The Labute approximate surface area is 196 Å². The third-order valence-electron chi connectivity index (χ3n) is 6.19. The molecule has 4 heterocycles. The summed E-state index contributed by atoms with van der Waals surface area (Å²) in [5.74, 6) is -0.646. The Morgan fingerprint density at radius 1 is 1.00 bits per heavy atom. The van der Waals surface area contributed by atoms with E-state index in [1.54, 1.807) is 18.2 Å². The molecule has 2 aromatic carbocycles. The van der Waals surface area contributed by atoms with Crippen molar-refractivity contribution in [3.8, 4) is 11.1 Å². The van der Waals surface area contributed by atoms with Gasteiger partial charge in [0.15, 0.2) is 16.8 Å². The molecule has 174 valence electrons. The standard InChI is InChI=1S/C25H19F2N7O/c1-2-19-21(14-3-5-16(26)6-4-14)23-31-30-22-24(34(23)32-19)29-13-33(25(22)35)10-9-15-12-28-20-8-7-17(27)11-18(15)20/h3-8,11-13,28H,2,9-10H2,1H3. The van der Waals surface area contributed by atoms with Crippen molar-refractivity contribution in [1.82, 2.24) is 34.3 Å². The molecule has 1 N–H and O–H groups in total. The lowest BCUT2D eigenvalue weighted by atomic mass is 10.0. The highest BCUT2D eigenvalue weighted by Gasteiger charge is 2.19. The second-order valence-electron chi connectivity index (χ2n) is 8.29. The van der Waals surface area contributed by atoms with Crippen molar-refractivity contribution in [2.24, 2.45) is 0 Å². The van der Waals surface area contributed by atoms with Crippen LogP contribution >= 0.6 is 0 Å². The van der Waals surface area contributed by atoms with Gasteiger partial charge in [0.05, 0.1) is 11.3 Å². The van der Waals surface area contributed by atoms with Gasteiger partial charge in [0.1, 0.15) is 18.0 Å². The molecule has 6 aromatic rings. The predicted octanol–water partition coefficient (Wildman–Crippen LogP) is 4.07. The lowest BCUT2D eigenvalue weighted by molar-refractivity contribution is 0.628. The zero-order valence-electron chi connectivity index (χ0n) is 18.7. The number of aryl methyl sites for hydroxylation is 3. The molecule has 0 amide bonds. The van der Waals surface area contributed by atoms with Crippen LogP contribution in [0.5, 0.6) is 0 Å². The number of nitrogens with zero attached hydrogens (tertiary/aromatic N) is 6. The highest BCUT2D eigenvalue weighted by molar-refractivity contribution is 5.84. The van der Waals surface area contributed by atoms with Gasteiger partial charge in [0.2, 0.25) is 0 Å². The van der Waals surface area contributed by atoms with Crippen molar-refractivity contribution >= 4 is 27.7 Å². The smallest absolute Gasteiger partial charge is 0.283 e. The number of nitrogens with one attached hydrogen (secondary N) is 1. The minimum absolute atomic E-state index is 0.0979. The first kappa shape index (κ1) is 21.1. The van der Waals surface area contributed by atoms with Crippen LogP contribution < -0.4 is 5.56 Å². The molecule has 6 rings (SSSR count). The summed E-state index contributed by atoms with van der Waals surface area (Å²) in [5, 5.41) is 13.9. The second-order valence-corrected chi connectivity index (χ2v) is 8.29. The fourth-order valence-corrected chi connectivity index (χ4v) is 4.42. The van der Waals surface area contributed by atoms with Crippen LogP contribution in [-0.2, 0) is 19.4 Å². The molecular weight excluding hydrogens is 452 g/mol. The van der Waals surface area contributed by atoms with Crippen molar-refractivity contribution < 1.29 is 8.78 Å². The average molecular weight is 471 g/mol. The van der Waals surface area contributed by atoms with Crippen LogP contribution in [0.1, 0.15) is 18.2 Å². The SMILES string of the molecule is CCc1nn2c(nnc3c(=O)n(CCc4c[nH]c5ccc(F)cc45)cnc32)c1-c1ccc(F)cc1. The summed E-state index contributed by atoms with van der Waals surface area (Å²) >= 11 is 0. The molecule has 0 atom stereocenters. The summed E-state index contributed by atoms with van der Waals surface area (Å²) in [6, 6.07) is 10.7. The number of hydrogen-bond acceptors (Lipinski definition) is 5. The van der Waals surface area contributed by atoms with Crippen LogP contribution in [0.2, 0.25) is 0 Å². The minimum Gasteiger partial charge on any atom is -0.361 e. The summed E-state index contributed by atoms with van der Waals surface area (Å²) in [7, 11) is 0. The number of aromatic amines is 1. The van der Waals surface area contributed by atoms with E-state index in [-0.39, 0.29) is 22.7 Å². The van der Waals surface area contributed by atoms with E-state index in [0.717, 1.165) is 33.3 Å². The molecule has 0 fully saturated rings. The number of rotatable bonds is 5. The highest BCUT2D eigenvalue weighted by atomic mass is 19.1. The van der Waals surface area contributed by atoms with Gasteiger partial charge in [0.25, 0.3) is 5.56 Å². The van der Waals surface area contributed by atoms with Gasteiger partial charge in [-0.05, 0) is 54.3 Å². The Hall–Kier alpha value is -4.47. The topological polar surface area (TPSA) is 93.8 Å². The minimum atomic E-state index is -0.340. The lowest BCUT2D eigenvalue weighted by Gasteiger charge is -2.06. The molecule has 0 saturated heterocycles. The van der Waals surface area contributed by atoms with Crippen LogP contribution in [0.3, 0.4) is 0 Å². The first-order chi connectivity index (χ1) is 17.0. The van der Waals surface area contributed by atoms with Gasteiger partial charge in [-0.2, -0.15) is 9.61 Å². The zero-order chi connectivity index (χ0) is 24.1. The number of benzene rings is 2. The molecule has 8 nitrogen and oxygen atoms in total. The number of hydrogen-bond donors (Lipinski definition) is 1. The summed E-state index contributed by atoms with van der Waals surface area (Å²) < 4.78 is 30.1. The number of H-pyrrole nitrogens is 1. The summed E-state index contributed by atoms with van der Waals surface area (Å²) in [6.07, 6.45) is 4.40. The first-order valence-corrected chi connectivity index (χ1v) is 11.2. The molecule has 10 heteroatoms. The maximum Gasteiger partial charge on any atom is 0.283 e. The largest absolute Gasteiger partial charge is 0.361 e. The van der Waals surface area contributed by atoms with E-state index in [2.05, 4.69) is 25.3 Å². The van der Waals surface area contributed by atoms with Gasteiger partial charge in [-0.3, -0.25) is 9.36 Å². The summed E-state index contributed by atoms with van der Waals surface area (Å²) in [5.41, 5.74) is 4.48. The normalized spacial score (nSPS) is 11.7. The Balaban J connectivity index is 1.41. The van der Waals surface area contributed by atoms with E-state index in [4.69, 9.17) is 0 Å². The molecular formula is C25H19F2N7O. The fourth-order valence-electron chi connectivity index (χ4n) is 4.42. The number of halogens is 2. The average Bonchev–Trinajstić information content (AvgIpc) is 3.45. The molecule has 0 aliphatic heterocycles. The van der Waals surface area contributed by atoms with Crippen LogP contribution in [0.25, 0.3) is 38.8 Å². The molecule has 0 saturated carbocycles. The van der Waals surface area contributed by atoms with E-state index in [0.29, 0.717) is 30.7 Å². The molecule has 0 bridgehead atoms. The van der Waals surface area contributed by atoms with Crippen molar-refractivity contribution in [3.63, 3.8) is 0 Å². The lowest BCUT2D eigenvalue weighted by Crippen LogP contribution is -2.23. The van der Waals surface area contributed by atoms with E-state index >= 15 is 0 Å². The molecule has 4 aromatic heterocycles. The van der Waals surface area contributed by atoms with Gasteiger partial charge in [-0.1, -0.05) is 19.1 Å². The third-order valence-corrected chi connectivity index (χ3v) is 6.19. The molecule has 0 unspecified atom stereocenters. The maximum atomic E-state index is 13.7. The van der Waals surface area contributed by atoms with Crippen LogP contribution in [0, 0.1) is 11.6 Å². The number of aromatic nitrogens is 7. The molecule has 0 aliphatic rings. The first-order valence-electron chi connectivity index (χ1n) is 11.2. The Morgan fingerprint density at radius 3 is 2.60 bits per heavy atom. The van der Waals surface area contributed by atoms with Crippen LogP contribution in [0.4, 0.5) is 8.78 Å². The van der Waals surface area contributed by atoms with Gasteiger partial charge < -0.3 is 4.98 Å². The Bertz CT molecular complexity index is 1780. The van der Waals surface area contributed by atoms with Crippen LogP contribution in [-0.4, -0.2) is 34.3 Å². The summed E-state index contributed by atoms with van der Waals surface area (Å²) in [4.78, 5) is 20.8. The van der Waals surface area contributed by atoms with E-state index in [9.17, 15) is 13.6 Å². The van der Waals surface area contributed by atoms with Gasteiger partial charge >= 0.3 is 0 Å². The monoisotopic (exact) mass is 471 g/mol. The molecule has 0 radical (unpaired) electrons. The molecule has 0 spiro atoms. The van der Waals surface area contributed by atoms with Gasteiger partial charge in [0, 0.05) is 23.6 Å². The second kappa shape index (κ2) is 8.08. The number of fused-ring (bicyclic) bond motifs is 4. The van der Waals surface area contributed by atoms with E-state index in [1.165, 1.54) is 39.7 Å². The van der Waals surface area contributed by atoms with Gasteiger partial charge in [-0.15, -0.1) is 10.2 Å². The molecule has 0 aliphatic carbocycles. The van der Waals surface area contributed by atoms with E-state index in [1.807, 2.05) is 13.1 Å². The highest BCUT2D eigenvalue weighted by Crippen LogP contribution is 2.29. The molecule has 35 heavy (non-hydrogen) atoms. The quantitative estimate of drug-likeness (QED) is 0.409. The van der Waals surface area contributed by atoms with Crippen molar-refractivity contribution in [2.45, 2.75) is 26.3 Å². The third kappa shape index (κ3) is 3.45. The van der Waals surface area contributed by atoms with E-state index < -0.39 is 0 Å². The predicted molar refractivity (Wildman–Crippen MR) is 127 cm³/mol. The summed E-state index contributed by atoms with van der Waals surface area (Å²) in [6.45, 7) is 2.30.